The summed E-state index contributed by atoms with van der Waals surface area (Å²) in [5.74, 6) is 1.96. The van der Waals surface area contributed by atoms with Crippen LogP contribution in [0.1, 0.15) is 58.8 Å². The number of allylic oxidation sites excluding steroid dienone is 1. The highest BCUT2D eigenvalue weighted by Crippen LogP contribution is 2.63. The van der Waals surface area contributed by atoms with Gasteiger partial charge in [-0.3, -0.25) is 0 Å². The molecule has 2 unspecified atom stereocenters. The molecule has 0 saturated heterocycles. The quantitative estimate of drug-likeness (QED) is 0.700. The average molecular weight is 322 g/mol. The van der Waals surface area contributed by atoms with Crippen LogP contribution in [0.15, 0.2) is 12.2 Å². The molecular formula is C20H35NO2. The van der Waals surface area contributed by atoms with Crippen LogP contribution in [0.2, 0.25) is 0 Å². The second kappa shape index (κ2) is 6.16. The summed E-state index contributed by atoms with van der Waals surface area (Å²) >= 11 is 0. The minimum absolute atomic E-state index is 0.114. The summed E-state index contributed by atoms with van der Waals surface area (Å²) in [6.45, 7) is 10.1. The van der Waals surface area contributed by atoms with Crippen LogP contribution in [-0.2, 0) is 0 Å². The van der Waals surface area contributed by atoms with Gasteiger partial charge in [0, 0.05) is 6.61 Å². The van der Waals surface area contributed by atoms with Crippen molar-refractivity contribution in [3.63, 3.8) is 0 Å². The van der Waals surface area contributed by atoms with Crippen molar-refractivity contribution in [3.8, 4) is 0 Å². The minimum atomic E-state index is -0.239. The van der Waals surface area contributed by atoms with Crippen molar-refractivity contribution in [3.05, 3.63) is 12.2 Å². The molecule has 3 fully saturated rings. The normalized spacial score (nSPS) is 50.8. The van der Waals surface area contributed by atoms with Crippen LogP contribution < -0.4 is 5.73 Å². The van der Waals surface area contributed by atoms with Gasteiger partial charge in [-0.05, 0) is 86.0 Å². The molecule has 132 valence electrons. The summed E-state index contributed by atoms with van der Waals surface area (Å²) in [5, 5.41) is 20.0. The van der Waals surface area contributed by atoms with Gasteiger partial charge >= 0.3 is 0 Å². The molecule has 3 aliphatic carbocycles. The molecule has 0 heterocycles. The second-order valence-electron chi connectivity index (χ2n) is 9.02. The van der Waals surface area contributed by atoms with Gasteiger partial charge in [0.1, 0.15) is 0 Å². The Morgan fingerprint density at radius 3 is 2.57 bits per heavy atom. The Balaban J connectivity index is 1.89. The first-order valence-corrected chi connectivity index (χ1v) is 9.54. The zero-order valence-corrected chi connectivity index (χ0v) is 14.9. The van der Waals surface area contributed by atoms with E-state index in [0.717, 1.165) is 32.2 Å². The Labute approximate surface area is 141 Å². The van der Waals surface area contributed by atoms with E-state index in [1.807, 2.05) is 0 Å². The molecule has 0 aromatic rings. The standard InChI is InChI=1S/C20H35NO2/c1-13-4-5-17-16(11-21)18(7-9-19(13,17)2)20(3)8-6-15(23)10-14(20)12-22/h14-18,22-23H,1,4-12,21H2,2-3H3/t14-,15+,16+,17?,18?,19-,20+/m1/s1. The number of nitrogens with two attached hydrogens (primary N) is 1. The Hall–Kier alpha value is -0.380. The molecule has 0 spiro atoms. The smallest absolute Gasteiger partial charge is 0.0544 e. The zero-order valence-electron chi connectivity index (χ0n) is 14.9. The molecule has 3 rings (SSSR count). The molecule has 0 aliphatic heterocycles. The minimum Gasteiger partial charge on any atom is -0.396 e. The van der Waals surface area contributed by atoms with Gasteiger partial charge in [-0.25, -0.2) is 0 Å². The lowest BCUT2D eigenvalue weighted by molar-refractivity contribution is -0.0916. The lowest BCUT2D eigenvalue weighted by Gasteiger charge is -2.56. The lowest BCUT2D eigenvalue weighted by atomic mass is 9.49. The van der Waals surface area contributed by atoms with Crippen molar-refractivity contribution >= 4 is 0 Å². The van der Waals surface area contributed by atoms with Gasteiger partial charge < -0.3 is 15.9 Å². The third-order valence-electron chi connectivity index (χ3n) is 8.24. The number of hydrogen-bond acceptors (Lipinski definition) is 3. The number of hydrogen-bond donors (Lipinski definition) is 3. The Bertz CT molecular complexity index is 465. The Morgan fingerprint density at radius 1 is 1.17 bits per heavy atom. The fourth-order valence-corrected chi connectivity index (χ4v) is 6.51. The van der Waals surface area contributed by atoms with E-state index in [9.17, 15) is 10.2 Å². The summed E-state index contributed by atoms with van der Waals surface area (Å²) < 4.78 is 0. The van der Waals surface area contributed by atoms with Crippen molar-refractivity contribution in [1.29, 1.82) is 0 Å². The maximum Gasteiger partial charge on any atom is 0.0544 e. The van der Waals surface area contributed by atoms with Crippen molar-refractivity contribution in [2.24, 2.45) is 40.2 Å². The predicted octanol–water partition coefficient (Wildman–Crippen LogP) is 3.10. The van der Waals surface area contributed by atoms with E-state index in [2.05, 4.69) is 20.4 Å². The lowest BCUT2D eigenvalue weighted by Crippen LogP contribution is -2.52. The number of aliphatic hydroxyl groups excluding tert-OH is 2. The highest BCUT2D eigenvalue weighted by Gasteiger charge is 2.56. The number of rotatable bonds is 3. The summed E-state index contributed by atoms with van der Waals surface area (Å²) in [6.07, 6.45) is 7.19. The monoisotopic (exact) mass is 321 g/mol. The summed E-state index contributed by atoms with van der Waals surface area (Å²) in [6, 6.07) is 0. The highest BCUT2D eigenvalue weighted by atomic mass is 16.3. The van der Waals surface area contributed by atoms with Gasteiger partial charge in [0.25, 0.3) is 0 Å². The van der Waals surface area contributed by atoms with Crippen molar-refractivity contribution < 1.29 is 10.2 Å². The molecule has 23 heavy (non-hydrogen) atoms. The van der Waals surface area contributed by atoms with Gasteiger partial charge in [-0.15, -0.1) is 0 Å². The fourth-order valence-electron chi connectivity index (χ4n) is 6.51. The molecule has 3 aliphatic rings. The van der Waals surface area contributed by atoms with Crippen LogP contribution in [0.4, 0.5) is 0 Å². The van der Waals surface area contributed by atoms with Crippen LogP contribution in [0.25, 0.3) is 0 Å². The molecule has 0 amide bonds. The molecular weight excluding hydrogens is 286 g/mol. The van der Waals surface area contributed by atoms with Crippen LogP contribution >= 0.6 is 0 Å². The maximum absolute atomic E-state index is 10.0. The fraction of sp³-hybridized carbons (Fsp3) is 0.900. The molecule has 3 saturated carbocycles. The first kappa shape index (κ1) is 17.4. The molecule has 7 atom stereocenters. The van der Waals surface area contributed by atoms with Crippen LogP contribution in [0, 0.1) is 34.5 Å². The third kappa shape index (κ3) is 2.60. The van der Waals surface area contributed by atoms with Crippen LogP contribution in [0.5, 0.6) is 0 Å². The zero-order chi connectivity index (χ0) is 16.8. The molecule has 4 N–H and O–H groups in total. The summed E-state index contributed by atoms with van der Waals surface area (Å²) in [7, 11) is 0. The predicted molar refractivity (Wildman–Crippen MR) is 93.8 cm³/mol. The van der Waals surface area contributed by atoms with Crippen LogP contribution in [0.3, 0.4) is 0 Å². The van der Waals surface area contributed by atoms with E-state index in [4.69, 9.17) is 5.73 Å². The van der Waals surface area contributed by atoms with Crippen LogP contribution in [-0.4, -0.2) is 29.5 Å². The van der Waals surface area contributed by atoms with Gasteiger partial charge in [0.05, 0.1) is 6.10 Å². The van der Waals surface area contributed by atoms with Gasteiger partial charge in [-0.2, -0.15) is 0 Å². The first-order valence-electron chi connectivity index (χ1n) is 9.54. The largest absolute Gasteiger partial charge is 0.396 e. The van der Waals surface area contributed by atoms with E-state index in [-0.39, 0.29) is 29.5 Å². The molecule has 0 aromatic carbocycles. The number of aliphatic hydroxyl groups is 2. The third-order valence-corrected chi connectivity index (χ3v) is 8.24. The Kier molecular flexibility index (Phi) is 4.67. The molecule has 0 radical (unpaired) electrons. The van der Waals surface area contributed by atoms with Crippen molar-refractivity contribution in [2.45, 2.75) is 64.9 Å². The second-order valence-corrected chi connectivity index (χ2v) is 9.02. The van der Waals surface area contributed by atoms with E-state index in [0.29, 0.717) is 17.8 Å². The highest BCUT2D eigenvalue weighted by molar-refractivity contribution is 5.20. The number of fused-ring (bicyclic) bond motifs is 1. The molecule has 3 nitrogen and oxygen atoms in total. The topological polar surface area (TPSA) is 66.5 Å². The van der Waals surface area contributed by atoms with Gasteiger partial charge in [-0.1, -0.05) is 26.0 Å². The van der Waals surface area contributed by atoms with Crippen molar-refractivity contribution in [1.82, 2.24) is 0 Å². The Morgan fingerprint density at radius 2 is 1.91 bits per heavy atom. The molecule has 3 heteroatoms. The average Bonchev–Trinajstić information content (AvgIpc) is 2.84. The van der Waals surface area contributed by atoms with Gasteiger partial charge in [0.2, 0.25) is 0 Å². The summed E-state index contributed by atoms with van der Waals surface area (Å²) in [5.41, 5.74) is 8.12. The SMILES string of the molecule is C=C1CCC2[C@H](CN)C([C@@]3(C)CC[C@H](O)C[C@@H]3CO)CC[C@]12C. The molecule has 0 bridgehead atoms. The summed E-state index contributed by atoms with van der Waals surface area (Å²) in [4.78, 5) is 0. The maximum atomic E-state index is 10.0. The van der Waals surface area contributed by atoms with E-state index >= 15 is 0 Å². The van der Waals surface area contributed by atoms with E-state index in [1.165, 1.54) is 24.8 Å². The van der Waals surface area contributed by atoms with Gasteiger partial charge in [0.15, 0.2) is 0 Å². The van der Waals surface area contributed by atoms with E-state index < -0.39 is 0 Å². The van der Waals surface area contributed by atoms with Crippen molar-refractivity contribution in [2.75, 3.05) is 13.2 Å². The van der Waals surface area contributed by atoms with E-state index in [1.54, 1.807) is 0 Å². The first-order chi connectivity index (χ1) is 10.9. The molecule has 0 aromatic heterocycles.